The summed E-state index contributed by atoms with van der Waals surface area (Å²) in [7, 11) is 3.09. The molecular formula is C25H34N8O5. The smallest absolute Gasteiger partial charge is 0.407 e. The van der Waals surface area contributed by atoms with Crippen molar-refractivity contribution in [2.24, 2.45) is 5.73 Å². The lowest BCUT2D eigenvalue weighted by atomic mass is 9.90. The Kier molecular flexibility index (Phi) is 7.74. The summed E-state index contributed by atoms with van der Waals surface area (Å²) in [5, 5.41) is 17.7. The lowest BCUT2D eigenvalue weighted by Crippen LogP contribution is -2.50. The van der Waals surface area contributed by atoms with E-state index in [0.717, 1.165) is 25.7 Å². The van der Waals surface area contributed by atoms with Crippen LogP contribution >= 0.6 is 0 Å². The van der Waals surface area contributed by atoms with Gasteiger partial charge in [0.25, 0.3) is 5.91 Å². The molecule has 1 aliphatic rings. The Morgan fingerprint density at radius 2 is 1.71 bits per heavy atom. The van der Waals surface area contributed by atoms with E-state index in [2.05, 4.69) is 26.1 Å². The van der Waals surface area contributed by atoms with Crippen LogP contribution in [0.25, 0.3) is 5.65 Å². The van der Waals surface area contributed by atoms with Gasteiger partial charge in [0.1, 0.15) is 29.0 Å². The standard InChI is InChI=1S/C25H34N8O5/c1-25(2,3)38-24(35)30-18-9-7-6-8-17(18)29-23-31-21(19(20(26)34)22-32-27-13-33(22)23)28-14-10-15(36-4)12-16(11-14)37-5/h10-13,17-18,28H,6-9H2,1-5H3,(H2,26,34)(H,29,31)(H,30,35)/t17-,18+/m0/s1. The van der Waals surface area contributed by atoms with Crippen molar-refractivity contribution in [3.63, 3.8) is 0 Å². The van der Waals surface area contributed by atoms with E-state index < -0.39 is 17.6 Å². The number of fused-ring (bicyclic) bond motifs is 1. The van der Waals surface area contributed by atoms with Crippen LogP contribution in [0.5, 0.6) is 11.5 Å². The minimum atomic E-state index is -0.721. The zero-order valence-corrected chi connectivity index (χ0v) is 22.2. The fourth-order valence-electron chi connectivity index (χ4n) is 4.42. The third kappa shape index (κ3) is 6.15. The molecule has 1 aromatic carbocycles. The second-order valence-corrected chi connectivity index (χ2v) is 10.1. The van der Waals surface area contributed by atoms with Gasteiger partial charge in [-0.3, -0.25) is 9.20 Å². The number of primary amides is 1. The molecule has 0 spiro atoms. The lowest BCUT2D eigenvalue weighted by Gasteiger charge is -2.33. The minimum absolute atomic E-state index is 0.0712. The number of benzene rings is 1. The largest absolute Gasteiger partial charge is 0.497 e. The number of nitrogens with two attached hydrogens (primary N) is 1. The van der Waals surface area contributed by atoms with Crippen molar-refractivity contribution in [1.82, 2.24) is 24.9 Å². The normalized spacial score (nSPS) is 17.5. The van der Waals surface area contributed by atoms with Gasteiger partial charge in [-0.1, -0.05) is 12.8 Å². The molecule has 0 aliphatic heterocycles. The van der Waals surface area contributed by atoms with Crippen LogP contribution in [-0.4, -0.2) is 63.5 Å². The number of alkyl carbamates (subject to hydrolysis) is 1. The molecule has 3 aromatic rings. The Bertz CT molecular complexity index is 1300. The third-order valence-electron chi connectivity index (χ3n) is 6.10. The summed E-state index contributed by atoms with van der Waals surface area (Å²) in [6.07, 6.45) is 4.49. The van der Waals surface area contributed by atoms with Crippen molar-refractivity contribution < 1.29 is 23.8 Å². The highest BCUT2D eigenvalue weighted by molar-refractivity contribution is 6.04. The SMILES string of the molecule is COc1cc(Nc2nc(N[C@H]3CCCC[C@H]3NC(=O)OC(C)(C)C)n3cnnc3c2C(N)=O)cc(OC)c1. The number of anilines is 3. The first-order valence-corrected chi connectivity index (χ1v) is 12.4. The molecule has 0 saturated heterocycles. The Balaban J connectivity index is 1.69. The molecule has 2 atom stereocenters. The predicted octanol–water partition coefficient (Wildman–Crippen LogP) is 3.23. The van der Waals surface area contributed by atoms with Crippen molar-refractivity contribution in [2.75, 3.05) is 24.9 Å². The van der Waals surface area contributed by atoms with Gasteiger partial charge in [0, 0.05) is 29.9 Å². The van der Waals surface area contributed by atoms with Crippen molar-refractivity contribution >= 4 is 35.1 Å². The van der Waals surface area contributed by atoms with Crippen LogP contribution in [0.4, 0.5) is 22.2 Å². The summed E-state index contributed by atoms with van der Waals surface area (Å²) in [6.45, 7) is 5.47. The predicted molar refractivity (Wildman–Crippen MR) is 141 cm³/mol. The highest BCUT2D eigenvalue weighted by atomic mass is 16.6. The maximum absolute atomic E-state index is 12.5. The number of amides is 2. The van der Waals surface area contributed by atoms with E-state index in [-0.39, 0.29) is 29.1 Å². The number of ether oxygens (including phenoxy) is 3. The molecule has 38 heavy (non-hydrogen) atoms. The zero-order chi connectivity index (χ0) is 27.4. The maximum Gasteiger partial charge on any atom is 0.407 e. The average molecular weight is 527 g/mol. The van der Waals surface area contributed by atoms with E-state index in [1.807, 2.05) is 20.8 Å². The van der Waals surface area contributed by atoms with Crippen molar-refractivity contribution in [3.05, 3.63) is 30.1 Å². The number of rotatable bonds is 8. The van der Waals surface area contributed by atoms with E-state index in [4.69, 9.17) is 24.9 Å². The monoisotopic (exact) mass is 526 g/mol. The first kappa shape index (κ1) is 26.8. The summed E-state index contributed by atoms with van der Waals surface area (Å²) in [5.41, 5.74) is 6.00. The van der Waals surface area contributed by atoms with Crippen LogP contribution in [0.2, 0.25) is 0 Å². The molecule has 2 amide bonds. The second kappa shape index (κ2) is 11.0. The molecule has 2 aromatic heterocycles. The van der Waals surface area contributed by atoms with Gasteiger partial charge in [-0.2, -0.15) is 4.98 Å². The van der Waals surface area contributed by atoms with Crippen LogP contribution < -0.4 is 31.2 Å². The number of aromatic nitrogens is 4. The fourth-order valence-corrected chi connectivity index (χ4v) is 4.42. The van der Waals surface area contributed by atoms with Gasteiger partial charge in [0.15, 0.2) is 11.5 Å². The number of methoxy groups -OCH3 is 2. The number of nitrogens with zero attached hydrogens (tertiary/aromatic N) is 4. The number of nitrogens with one attached hydrogen (secondary N) is 3. The summed E-state index contributed by atoms with van der Waals surface area (Å²) in [6, 6.07) is 4.85. The molecule has 5 N–H and O–H groups in total. The topological polar surface area (TPSA) is 167 Å². The summed E-state index contributed by atoms with van der Waals surface area (Å²) >= 11 is 0. The first-order chi connectivity index (χ1) is 18.1. The molecule has 4 rings (SSSR count). The van der Waals surface area contributed by atoms with Gasteiger partial charge >= 0.3 is 6.09 Å². The molecule has 1 saturated carbocycles. The summed E-state index contributed by atoms with van der Waals surface area (Å²) < 4.78 is 17.7. The molecular weight excluding hydrogens is 492 g/mol. The molecule has 0 radical (unpaired) electrons. The zero-order valence-electron chi connectivity index (χ0n) is 22.2. The molecule has 13 heteroatoms. The molecule has 1 fully saturated rings. The molecule has 1 aliphatic carbocycles. The maximum atomic E-state index is 12.5. The minimum Gasteiger partial charge on any atom is -0.497 e. The van der Waals surface area contributed by atoms with Gasteiger partial charge in [-0.05, 0) is 33.6 Å². The highest BCUT2D eigenvalue weighted by Crippen LogP contribution is 2.31. The summed E-state index contributed by atoms with van der Waals surface area (Å²) in [5.74, 6) is 0.945. The van der Waals surface area contributed by atoms with Crippen LogP contribution in [-0.2, 0) is 4.74 Å². The number of carbonyl (C=O) groups excluding carboxylic acids is 2. The van der Waals surface area contributed by atoms with E-state index >= 15 is 0 Å². The fraction of sp³-hybridized carbons (Fsp3) is 0.480. The van der Waals surface area contributed by atoms with Crippen LogP contribution in [0.3, 0.4) is 0 Å². The van der Waals surface area contributed by atoms with Crippen molar-refractivity contribution in [3.8, 4) is 11.5 Å². The van der Waals surface area contributed by atoms with Crippen molar-refractivity contribution in [2.45, 2.75) is 64.1 Å². The van der Waals surface area contributed by atoms with Gasteiger partial charge in [0.05, 0.1) is 20.3 Å². The molecule has 0 bridgehead atoms. The van der Waals surface area contributed by atoms with Crippen LogP contribution in [0.1, 0.15) is 56.8 Å². The highest BCUT2D eigenvalue weighted by Gasteiger charge is 2.30. The average Bonchev–Trinajstić information content (AvgIpc) is 3.33. The number of hydrogen-bond acceptors (Lipinski definition) is 10. The van der Waals surface area contributed by atoms with Gasteiger partial charge < -0.3 is 35.9 Å². The van der Waals surface area contributed by atoms with Gasteiger partial charge in [-0.25, -0.2) is 4.79 Å². The molecule has 13 nitrogen and oxygen atoms in total. The van der Waals surface area contributed by atoms with E-state index in [9.17, 15) is 9.59 Å². The van der Waals surface area contributed by atoms with E-state index in [1.165, 1.54) is 6.33 Å². The molecule has 2 heterocycles. The van der Waals surface area contributed by atoms with Crippen LogP contribution in [0, 0.1) is 0 Å². The Morgan fingerprint density at radius 3 is 2.32 bits per heavy atom. The Morgan fingerprint density at radius 1 is 1.05 bits per heavy atom. The van der Waals surface area contributed by atoms with Gasteiger partial charge in [-0.15, -0.1) is 10.2 Å². The van der Waals surface area contributed by atoms with Crippen LogP contribution in [0.15, 0.2) is 24.5 Å². The van der Waals surface area contributed by atoms with Crippen molar-refractivity contribution in [1.29, 1.82) is 0 Å². The quantitative estimate of drug-likeness (QED) is 0.342. The number of carbonyl (C=O) groups is 2. The lowest BCUT2D eigenvalue weighted by molar-refractivity contribution is 0.0488. The Labute approximate surface area is 220 Å². The van der Waals surface area contributed by atoms with E-state index in [0.29, 0.717) is 23.1 Å². The first-order valence-electron chi connectivity index (χ1n) is 12.4. The second-order valence-electron chi connectivity index (χ2n) is 10.1. The van der Waals surface area contributed by atoms with E-state index in [1.54, 1.807) is 36.8 Å². The number of hydrogen-bond donors (Lipinski definition) is 4. The molecule has 204 valence electrons. The summed E-state index contributed by atoms with van der Waals surface area (Å²) in [4.78, 5) is 29.7. The molecule has 0 unspecified atom stereocenters. The Hall–Kier alpha value is -4.29. The third-order valence-corrected chi connectivity index (χ3v) is 6.10. The van der Waals surface area contributed by atoms with Gasteiger partial charge in [0.2, 0.25) is 5.95 Å².